The minimum atomic E-state index is -0.124. The van der Waals surface area contributed by atoms with Gasteiger partial charge in [-0.25, -0.2) is 0 Å². The van der Waals surface area contributed by atoms with Crippen molar-refractivity contribution in [1.82, 2.24) is 24.9 Å². The van der Waals surface area contributed by atoms with Crippen LogP contribution in [0.15, 0.2) is 30.3 Å². The summed E-state index contributed by atoms with van der Waals surface area (Å²) in [5, 5.41) is 12.4. The number of hydrogen-bond donors (Lipinski definition) is 1. The third-order valence-electron chi connectivity index (χ3n) is 4.41. The van der Waals surface area contributed by atoms with E-state index in [1.54, 1.807) is 10.7 Å². The van der Waals surface area contributed by atoms with Gasteiger partial charge >= 0.3 is 0 Å². The van der Waals surface area contributed by atoms with E-state index in [0.717, 1.165) is 28.3 Å². The molecular formula is C19H22ClN5O. The van der Waals surface area contributed by atoms with Gasteiger partial charge in [0, 0.05) is 18.3 Å². The van der Waals surface area contributed by atoms with Crippen molar-refractivity contribution >= 4 is 17.5 Å². The Hall–Kier alpha value is -2.60. The van der Waals surface area contributed by atoms with Crippen LogP contribution in [0.25, 0.3) is 0 Å². The van der Waals surface area contributed by atoms with Gasteiger partial charge in [-0.2, -0.15) is 10.2 Å². The van der Waals surface area contributed by atoms with Gasteiger partial charge in [0.2, 0.25) is 0 Å². The van der Waals surface area contributed by atoms with Crippen LogP contribution in [-0.4, -0.2) is 25.5 Å². The van der Waals surface area contributed by atoms with Crippen molar-refractivity contribution in [2.24, 2.45) is 7.05 Å². The van der Waals surface area contributed by atoms with Gasteiger partial charge in [-0.05, 0) is 44.5 Å². The fraction of sp³-hybridized carbons (Fsp3) is 0.316. The van der Waals surface area contributed by atoms with Crippen molar-refractivity contribution in [3.05, 3.63) is 69.3 Å². The predicted molar refractivity (Wildman–Crippen MR) is 101 cm³/mol. The van der Waals surface area contributed by atoms with E-state index in [1.165, 1.54) is 0 Å². The summed E-state index contributed by atoms with van der Waals surface area (Å²) in [5.74, 6) is -0.124. The highest BCUT2D eigenvalue weighted by Crippen LogP contribution is 2.20. The van der Waals surface area contributed by atoms with E-state index < -0.39 is 0 Å². The monoisotopic (exact) mass is 371 g/mol. The summed E-state index contributed by atoms with van der Waals surface area (Å²) < 4.78 is 3.65. The molecule has 0 radical (unpaired) electrons. The quantitative estimate of drug-likeness (QED) is 0.749. The fourth-order valence-electron chi connectivity index (χ4n) is 2.81. The molecule has 0 aliphatic heterocycles. The molecule has 1 amide bonds. The zero-order chi connectivity index (χ0) is 18.8. The van der Waals surface area contributed by atoms with Crippen molar-refractivity contribution in [2.45, 2.75) is 33.9 Å². The Bertz CT molecular complexity index is 937. The maximum Gasteiger partial charge on any atom is 0.251 e. The molecule has 0 fully saturated rings. The first-order valence-electron chi connectivity index (χ1n) is 8.41. The molecule has 0 aliphatic rings. The molecule has 0 saturated heterocycles. The van der Waals surface area contributed by atoms with Crippen LogP contribution >= 0.6 is 11.6 Å². The fourth-order valence-corrected chi connectivity index (χ4v) is 2.94. The van der Waals surface area contributed by atoms with Crippen molar-refractivity contribution in [1.29, 1.82) is 0 Å². The van der Waals surface area contributed by atoms with Crippen molar-refractivity contribution in [3.63, 3.8) is 0 Å². The second kappa shape index (κ2) is 7.33. The number of carbonyl (C=O) groups excluding carboxylic acids is 1. The Morgan fingerprint density at radius 2 is 1.96 bits per heavy atom. The summed E-state index contributed by atoms with van der Waals surface area (Å²) >= 11 is 6.20. The average molecular weight is 372 g/mol. The van der Waals surface area contributed by atoms with Gasteiger partial charge in [0.15, 0.2) is 0 Å². The molecule has 2 heterocycles. The maximum absolute atomic E-state index is 12.5. The third kappa shape index (κ3) is 3.80. The van der Waals surface area contributed by atoms with E-state index >= 15 is 0 Å². The number of nitrogens with zero attached hydrogens (tertiary/aromatic N) is 4. The lowest BCUT2D eigenvalue weighted by Gasteiger charge is -2.08. The van der Waals surface area contributed by atoms with Crippen LogP contribution in [-0.2, 0) is 20.1 Å². The van der Waals surface area contributed by atoms with Gasteiger partial charge in [0.1, 0.15) is 0 Å². The minimum Gasteiger partial charge on any atom is -0.346 e. The molecule has 0 aliphatic carbocycles. The number of nitrogens with one attached hydrogen (secondary N) is 1. The predicted octanol–water partition coefficient (Wildman–Crippen LogP) is 3.17. The highest BCUT2D eigenvalue weighted by molar-refractivity contribution is 6.31. The molecule has 2 aromatic heterocycles. The van der Waals surface area contributed by atoms with Crippen molar-refractivity contribution in [3.8, 4) is 0 Å². The molecule has 136 valence electrons. The first kappa shape index (κ1) is 18.2. The van der Waals surface area contributed by atoms with Crippen LogP contribution in [0.5, 0.6) is 0 Å². The highest BCUT2D eigenvalue weighted by Gasteiger charge is 2.11. The summed E-state index contributed by atoms with van der Waals surface area (Å²) in [6.07, 6.45) is 0. The van der Waals surface area contributed by atoms with Gasteiger partial charge in [0.05, 0.1) is 35.2 Å². The first-order valence-corrected chi connectivity index (χ1v) is 8.79. The van der Waals surface area contributed by atoms with Gasteiger partial charge in [-0.1, -0.05) is 23.7 Å². The number of aromatic nitrogens is 4. The molecule has 6 nitrogen and oxygen atoms in total. The Labute approximate surface area is 157 Å². The van der Waals surface area contributed by atoms with Crippen LogP contribution in [0, 0.1) is 20.8 Å². The lowest BCUT2D eigenvalue weighted by molar-refractivity contribution is 0.0950. The summed E-state index contributed by atoms with van der Waals surface area (Å²) in [5.41, 5.74) is 5.23. The zero-order valence-electron chi connectivity index (χ0n) is 15.4. The molecule has 7 heteroatoms. The highest BCUT2D eigenvalue weighted by atomic mass is 35.5. The van der Waals surface area contributed by atoms with Crippen LogP contribution < -0.4 is 5.32 Å². The molecular weight excluding hydrogens is 350 g/mol. The van der Waals surface area contributed by atoms with E-state index in [0.29, 0.717) is 23.7 Å². The molecule has 26 heavy (non-hydrogen) atoms. The Kier molecular flexibility index (Phi) is 5.13. The lowest BCUT2D eigenvalue weighted by Crippen LogP contribution is -2.23. The Morgan fingerprint density at radius 3 is 2.58 bits per heavy atom. The van der Waals surface area contributed by atoms with Crippen LogP contribution in [0.3, 0.4) is 0 Å². The van der Waals surface area contributed by atoms with Gasteiger partial charge in [-0.15, -0.1) is 0 Å². The molecule has 0 atom stereocenters. The molecule has 0 unspecified atom stereocenters. The van der Waals surface area contributed by atoms with E-state index in [4.69, 9.17) is 11.6 Å². The average Bonchev–Trinajstić information content (AvgIpc) is 3.06. The second-order valence-electron chi connectivity index (χ2n) is 6.43. The van der Waals surface area contributed by atoms with Gasteiger partial charge in [-0.3, -0.25) is 14.2 Å². The normalized spacial score (nSPS) is 11.0. The third-order valence-corrected chi connectivity index (χ3v) is 4.96. The van der Waals surface area contributed by atoms with Crippen LogP contribution in [0.4, 0.5) is 0 Å². The lowest BCUT2D eigenvalue weighted by atomic mass is 10.1. The molecule has 1 aromatic carbocycles. The Balaban J connectivity index is 1.69. The Morgan fingerprint density at radius 1 is 1.19 bits per heavy atom. The van der Waals surface area contributed by atoms with Crippen LogP contribution in [0.1, 0.15) is 38.7 Å². The van der Waals surface area contributed by atoms with E-state index in [2.05, 4.69) is 15.5 Å². The molecule has 3 rings (SSSR count). The van der Waals surface area contributed by atoms with E-state index in [1.807, 2.05) is 56.8 Å². The number of benzene rings is 1. The van der Waals surface area contributed by atoms with Gasteiger partial charge in [0.25, 0.3) is 5.91 Å². The summed E-state index contributed by atoms with van der Waals surface area (Å²) in [6, 6.07) is 9.50. The largest absolute Gasteiger partial charge is 0.346 e. The molecule has 1 N–H and O–H groups in total. The number of carbonyl (C=O) groups is 1. The molecule has 0 spiro atoms. The smallest absolute Gasteiger partial charge is 0.251 e. The number of rotatable bonds is 5. The number of amides is 1. The second-order valence-corrected chi connectivity index (χ2v) is 6.80. The summed E-state index contributed by atoms with van der Waals surface area (Å²) in [6.45, 7) is 6.77. The van der Waals surface area contributed by atoms with E-state index in [9.17, 15) is 4.79 Å². The maximum atomic E-state index is 12.5. The zero-order valence-corrected chi connectivity index (χ0v) is 16.1. The SMILES string of the molecule is Cc1nn(Cc2cccc(C(=O)NCc3cc(C)n(C)n3)c2)c(C)c1Cl. The van der Waals surface area contributed by atoms with Gasteiger partial charge < -0.3 is 5.32 Å². The standard InChI is InChI=1S/C19H22ClN5O/c1-12-8-17(23-24(12)4)10-21-19(26)16-7-5-6-15(9-16)11-25-14(3)18(20)13(2)22-25/h5-9H,10-11H2,1-4H3,(H,21,26). The summed E-state index contributed by atoms with van der Waals surface area (Å²) in [7, 11) is 1.88. The molecule has 0 saturated carbocycles. The minimum absolute atomic E-state index is 0.124. The topological polar surface area (TPSA) is 64.7 Å². The number of halogens is 1. The molecule has 0 bridgehead atoms. The first-order chi connectivity index (χ1) is 12.3. The number of aryl methyl sites for hydroxylation is 3. The number of hydrogen-bond acceptors (Lipinski definition) is 3. The summed E-state index contributed by atoms with van der Waals surface area (Å²) in [4.78, 5) is 12.5. The molecule has 3 aromatic rings. The van der Waals surface area contributed by atoms with Crippen molar-refractivity contribution in [2.75, 3.05) is 0 Å². The van der Waals surface area contributed by atoms with Crippen LogP contribution in [0.2, 0.25) is 5.02 Å². The van der Waals surface area contributed by atoms with E-state index in [-0.39, 0.29) is 5.91 Å². The van der Waals surface area contributed by atoms with Crippen molar-refractivity contribution < 1.29 is 4.79 Å².